The van der Waals surface area contributed by atoms with Gasteiger partial charge in [0.1, 0.15) is 0 Å². The van der Waals surface area contributed by atoms with Crippen LogP contribution in [-0.4, -0.2) is 52.0 Å². The van der Waals surface area contributed by atoms with Crippen molar-refractivity contribution >= 4 is 11.7 Å². The lowest BCUT2D eigenvalue weighted by molar-refractivity contribution is -0.182. The number of methoxy groups -OCH3 is 1. The first-order valence-corrected chi connectivity index (χ1v) is 10.5. The summed E-state index contributed by atoms with van der Waals surface area (Å²) in [5, 5.41) is 4.77. The van der Waals surface area contributed by atoms with E-state index in [0.717, 1.165) is 29.9 Å². The van der Waals surface area contributed by atoms with Gasteiger partial charge in [0.05, 0.1) is 24.4 Å². The van der Waals surface area contributed by atoms with E-state index in [1.807, 2.05) is 23.6 Å². The van der Waals surface area contributed by atoms with Crippen molar-refractivity contribution in [2.75, 3.05) is 20.2 Å². The summed E-state index contributed by atoms with van der Waals surface area (Å²) in [6, 6.07) is 3.91. The molecule has 2 aromatic heterocycles. The number of halogens is 3. The summed E-state index contributed by atoms with van der Waals surface area (Å²) in [6.07, 6.45) is -1.36. The van der Waals surface area contributed by atoms with Crippen LogP contribution in [0.5, 0.6) is 0 Å². The molecule has 1 saturated heterocycles. The van der Waals surface area contributed by atoms with Crippen LogP contribution in [0.3, 0.4) is 0 Å². The van der Waals surface area contributed by atoms with Crippen molar-refractivity contribution in [3.63, 3.8) is 0 Å². The van der Waals surface area contributed by atoms with Crippen LogP contribution in [0.15, 0.2) is 12.1 Å². The number of hydrogen-bond acceptors (Lipinski definition) is 4. The number of amides is 1. The molecule has 0 N–H and O–H groups in total. The third kappa shape index (κ3) is 4.11. The molecule has 1 saturated carbocycles. The van der Waals surface area contributed by atoms with E-state index < -0.39 is 12.1 Å². The van der Waals surface area contributed by atoms with Crippen LogP contribution in [0.1, 0.15) is 67.4 Å². The Hall–Kier alpha value is -2.32. The Morgan fingerprint density at radius 2 is 1.87 bits per heavy atom. The normalized spacial score (nSPS) is 25.5. The minimum atomic E-state index is -4.11. The SMILES string of the molecule is COC(=O)N1CCC[C@@H](c2cc(C)nc3cc([C@H]4CC[C@H](C(F)(F)F)CC4)nn23)C1. The van der Waals surface area contributed by atoms with Crippen molar-refractivity contribution in [2.24, 2.45) is 5.92 Å². The first-order chi connectivity index (χ1) is 14.3. The molecule has 1 aliphatic carbocycles. The number of hydrogen-bond donors (Lipinski definition) is 0. The molecule has 3 heterocycles. The Balaban J connectivity index is 1.59. The topological polar surface area (TPSA) is 59.7 Å². The molecule has 0 spiro atoms. The number of fused-ring (bicyclic) bond motifs is 1. The zero-order valence-electron chi connectivity index (χ0n) is 17.3. The Bertz CT molecular complexity index is 919. The Morgan fingerprint density at radius 3 is 2.53 bits per heavy atom. The molecular weight excluding hydrogens is 397 g/mol. The molecule has 2 fully saturated rings. The molecule has 164 valence electrons. The van der Waals surface area contributed by atoms with E-state index in [-0.39, 0.29) is 30.8 Å². The molecule has 1 aliphatic heterocycles. The van der Waals surface area contributed by atoms with Crippen LogP contribution >= 0.6 is 0 Å². The number of piperidine rings is 1. The van der Waals surface area contributed by atoms with Crippen LogP contribution in [-0.2, 0) is 4.74 Å². The van der Waals surface area contributed by atoms with Crippen LogP contribution in [0.4, 0.5) is 18.0 Å². The van der Waals surface area contributed by atoms with E-state index in [9.17, 15) is 18.0 Å². The van der Waals surface area contributed by atoms with E-state index >= 15 is 0 Å². The van der Waals surface area contributed by atoms with Crippen molar-refractivity contribution in [3.05, 3.63) is 29.2 Å². The summed E-state index contributed by atoms with van der Waals surface area (Å²) in [7, 11) is 1.38. The maximum Gasteiger partial charge on any atom is 0.409 e. The molecule has 2 aliphatic rings. The van der Waals surface area contributed by atoms with Gasteiger partial charge in [-0.25, -0.2) is 14.3 Å². The number of likely N-dealkylation sites (tertiary alicyclic amines) is 1. The molecule has 1 atom stereocenters. The van der Waals surface area contributed by atoms with Crippen LogP contribution in [0.2, 0.25) is 0 Å². The number of aromatic nitrogens is 3. The maximum absolute atomic E-state index is 13.0. The van der Waals surface area contributed by atoms with Gasteiger partial charge in [-0.1, -0.05) is 0 Å². The highest BCUT2D eigenvalue weighted by molar-refractivity contribution is 5.67. The van der Waals surface area contributed by atoms with Gasteiger partial charge in [0.2, 0.25) is 0 Å². The van der Waals surface area contributed by atoms with E-state index in [0.29, 0.717) is 31.6 Å². The van der Waals surface area contributed by atoms with E-state index in [2.05, 4.69) is 4.98 Å². The maximum atomic E-state index is 13.0. The predicted octanol–water partition coefficient (Wildman–Crippen LogP) is 4.82. The number of carbonyl (C=O) groups excluding carboxylic acids is 1. The lowest BCUT2D eigenvalue weighted by Crippen LogP contribution is -2.39. The summed E-state index contributed by atoms with van der Waals surface area (Å²) in [4.78, 5) is 18.3. The van der Waals surface area contributed by atoms with Crippen LogP contribution in [0, 0.1) is 12.8 Å². The van der Waals surface area contributed by atoms with Gasteiger partial charge < -0.3 is 9.64 Å². The van der Waals surface area contributed by atoms with E-state index in [4.69, 9.17) is 9.84 Å². The average Bonchev–Trinajstić information content (AvgIpc) is 3.16. The van der Waals surface area contributed by atoms with E-state index in [1.54, 1.807) is 4.90 Å². The van der Waals surface area contributed by atoms with Crippen molar-refractivity contribution < 1.29 is 22.7 Å². The smallest absolute Gasteiger partial charge is 0.409 e. The standard InChI is InChI=1S/C21H27F3N4O2/c1-13-10-18(15-4-3-9-27(12-15)20(29)30-2)28-19(25-13)11-17(26-28)14-5-7-16(8-6-14)21(22,23)24/h10-11,14-16H,3-9,12H2,1-2H3/t14-,15-,16-/m1/s1. The Labute approximate surface area is 173 Å². The number of ether oxygens (including phenoxy) is 1. The Kier molecular flexibility index (Phi) is 5.63. The van der Waals surface area contributed by atoms with Crippen molar-refractivity contribution in [1.82, 2.24) is 19.5 Å². The fraction of sp³-hybridized carbons (Fsp3) is 0.667. The van der Waals surface area contributed by atoms with Gasteiger partial charge in [0.15, 0.2) is 5.65 Å². The number of rotatable bonds is 2. The molecule has 30 heavy (non-hydrogen) atoms. The predicted molar refractivity (Wildman–Crippen MR) is 104 cm³/mol. The largest absolute Gasteiger partial charge is 0.453 e. The molecular formula is C21H27F3N4O2. The molecule has 0 unspecified atom stereocenters. The van der Waals surface area contributed by atoms with Crippen LogP contribution in [0.25, 0.3) is 5.65 Å². The van der Waals surface area contributed by atoms with Gasteiger partial charge >= 0.3 is 12.3 Å². The fourth-order valence-corrected chi connectivity index (χ4v) is 4.87. The van der Waals surface area contributed by atoms with Gasteiger partial charge in [-0.3, -0.25) is 0 Å². The second-order valence-electron chi connectivity index (χ2n) is 8.51. The molecule has 9 heteroatoms. The lowest BCUT2D eigenvalue weighted by Gasteiger charge is -2.32. The van der Waals surface area contributed by atoms with E-state index in [1.165, 1.54) is 7.11 Å². The number of aryl methyl sites for hydroxylation is 1. The minimum Gasteiger partial charge on any atom is -0.453 e. The van der Waals surface area contributed by atoms with Crippen molar-refractivity contribution in [1.29, 1.82) is 0 Å². The number of carbonyl (C=O) groups is 1. The fourth-order valence-electron chi connectivity index (χ4n) is 4.87. The summed E-state index contributed by atoms with van der Waals surface area (Å²) in [5.41, 5.74) is 3.38. The quantitative estimate of drug-likeness (QED) is 0.694. The van der Waals surface area contributed by atoms with Crippen molar-refractivity contribution in [3.8, 4) is 0 Å². The highest BCUT2D eigenvalue weighted by atomic mass is 19.4. The van der Waals surface area contributed by atoms with Gasteiger partial charge in [-0.15, -0.1) is 0 Å². The second-order valence-corrected chi connectivity index (χ2v) is 8.51. The zero-order valence-corrected chi connectivity index (χ0v) is 17.3. The molecule has 0 aromatic carbocycles. The molecule has 6 nitrogen and oxygen atoms in total. The Morgan fingerprint density at radius 1 is 1.13 bits per heavy atom. The third-order valence-electron chi connectivity index (χ3n) is 6.48. The minimum absolute atomic E-state index is 0.0244. The summed E-state index contributed by atoms with van der Waals surface area (Å²) in [6.45, 7) is 3.14. The lowest BCUT2D eigenvalue weighted by atomic mass is 9.80. The molecule has 4 rings (SSSR count). The average molecular weight is 424 g/mol. The number of nitrogens with zero attached hydrogens (tertiary/aromatic N) is 4. The first-order valence-electron chi connectivity index (χ1n) is 10.5. The summed E-state index contributed by atoms with van der Waals surface area (Å²) >= 11 is 0. The highest BCUT2D eigenvalue weighted by Crippen LogP contribution is 2.42. The summed E-state index contributed by atoms with van der Waals surface area (Å²) in [5.74, 6) is -1.07. The van der Waals surface area contributed by atoms with Gasteiger partial charge in [0, 0.05) is 36.7 Å². The molecule has 0 bridgehead atoms. The molecule has 1 amide bonds. The molecule has 2 aromatic rings. The van der Waals surface area contributed by atoms with Gasteiger partial charge in [-0.05, 0) is 51.5 Å². The van der Waals surface area contributed by atoms with Crippen LogP contribution < -0.4 is 0 Å². The first kappa shape index (κ1) is 20.9. The van der Waals surface area contributed by atoms with Crippen molar-refractivity contribution in [2.45, 2.75) is 63.5 Å². The summed E-state index contributed by atoms with van der Waals surface area (Å²) < 4.78 is 45.7. The number of alkyl halides is 3. The monoisotopic (exact) mass is 424 g/mol. The molecule has 0 radical (unpaired) electrons. The zero-order chi connectivity index (χ0) is 21.5. The second kappa shape index (κ2) is 8.07. The third-order valence-corrected chi connectivity index (χ3v) is 6.48. The van der Waals surface area contributed by atoms with Gasteiger partial charge in [-0.2, -0.15) is 18.3 Å². The van der Waals surface area contributed by atoms with Gasteiger partial charge in [0.25, 0.3) is 0 Å². The highest BCUT2D eigenvalue weighted by Gasteiger charge is 2.42.